The second-order valence-corrected chi connectivity index (χ2v) is 2.94. The maximum Gasteiger partial charge on any atom is 0.303 e. The van der Waals surface area contributed by atoms with E-state index in [-0.39, 0.29) is 12.8 Å². The molecule has 15 heavy (non-hydrogen) atoms. The molecule has 0 fully saturated rings. The van der Waals surface area contributed by atoms with Crippen molar-refractivity contribution in [2.75, 3.05) is 19.8 Å². The third-order valence-electron chi connectivity index (χ3n) is 1.42. The topological polar surface area (TPSA) is 141 Å². The molecular formula is C8H17NO6. The zero-order chi connectivity index (χ0) is 12.3. The summed E-state index contributed by atoms with van der Waals surface area (Å²) in [7, 11) is 0. The van der Waals surface area contributed by atoms with Gasteiger partial charge in [0, 0.05) is 6.42 Å². The number of aliphatic hydroxyl groups is 3. The van der Waals surface area contributed by atoms with E-state index in [4.69, 9.17) is 26.2 Å². The number of carboxylic acid groups (broad SMARTS) is 1. The maximum atomic E-state index is 9.60. The molecule has 0 saturated heterocycles. The minimum atomic E-state index is -1.21. The lowest BCUT2D eigenvalue weighted by atomic mass is 10.1. The number of aliphatic hydroxyl groups excluding tert-OH is 3. The predicted octanol–water partition coefficient (Wildman–Crippen LogP) is -2.29. The highest BCUT2D eigenvalue weighted by atomic mass is 16.4. The molecule has 6 N–H and O–H groups in total. The van der Waals surface area contributed by atoms with E-state index in [2.05, 4.69) is 0 Å². The number of nitrogens with two attached hydrogens (primary N) is 1. The van der Waals surface area contributed by atoms with Crippen molar-refractivity contribution in [2.24, 2.45) is 5.73 Å². The van der Waals surface area contributed by atoms with Gasteiger partial charge in [-0.15, -0.1) is 0 Å². The van der Waals surface area contributed by atoms with Crippen LogP contribution in [0.4, 0.5) is 0 Å². The SMILES string of the molecule is NC(CO)(CO)CO.O=CCCC(=O)O. The third-order valence-corrected chi connectivity index (χ3v) is 1.42. The fourth-order valence-electron chi connectivity index (χ4n) is 0.332. The molecule has 0 atom stereocenters. The van der Waals surface area contributed by atoms with E-state index in [1.165, 1.54) is 0 Å². The number of aldehydes is 1. The minimum Gasteiger partial charge on any atom is -0.481 e. The summed E-state index contributed by atoms with van der Waals surface area (Å²) >= 11 is 0. The number of aliphatic carboxylic acids is 1. The molecule has 0 unspecified atom stereocenters. The molecule has 7 heteroatoms. The van der Waals surface area contributed by atoms with E-state index in [1.54, 1.807) is 0 Å². The summed E-state index contributed by atoms with van der Waals surface area (Å²) < 4.78 is 0. The van der Waals surface area contributed by atoms with Crippen molar-refractivity contribution >= 4 is 12.3 Å². The van der Waals surface area contributed by atoms with Gasteiger partial charge in [0.2, 0.25) is 0 Å². The summed E-state index contributed by atoms with van der Waals surface area (Å²) in [5, 5.41) is 32.9. The molecule has 0 radical (unpaired) electrons. The van der Waals surface area contributed by atoms with Crippen LogP contribution in [0.5, 0.6) is 0 Å². The fourth-order valence-corrected chi connectivity index (χ4v) is 0.332. The summed E-state index contributed by atoms with van der Waals surface area (Å²) in [6, 6.07) is 0. The van der Waals surface area contributed by atoms with E-state index in [1.807, 2.05) is 0 Å². The molecule has 0 aliphatic heterocycles. The summed E-state index contributed by atoms with van der Waals surface area (Å²) in [6.45, 7) is -1.21. The van der Waals surface area contributed by atoms with Crippen LogP contribution < -0.4 is 5.73 Å². The Morgan fingerprint density at radius 1 is 1.20 bits per heavy atom. The molecule has 0 spiro atoms. The van der Waals surface area contributed by atoms with Crippen molar-refractivity contribution in [2.45, 2.75) is 18.4 Å². The molecule has 0 aliphatic carbocycles. The Labute approximate surface area is 87.1 Å². The molecule has 0 aromatic rings. The summed E-state index contributed by atoms with van der Waals surface area (Å²) in [5.74, 6) is -0.924. The molecule has 0 rings (SSSR count). The second kappa shape index (κ2) is 9.53. The lowest BCUT2D eigenvalue weighted by molar-refractivity contribution is -0.137. The molecule has 90 valence electrons. The van der Waals surface area contributed by atoms with Gasteiger partial charge in [0.1, 0.15) is 6.29 Å². The Morgan fingerprint density at radius 3 is 1.67 bits per heavy atom. The van der Waals surface area contributed by atoms with Gasteiger partial charge in [0.15, 0.2) is 0 Å². The van der Waals surface area contributed by atoms with Crippen molar-refractivity contribution < 1.29 is 30.0 Å². The molecule has 0 amide bonds. The summed E-state index contributed by atoms with van der Waals surface area (Å²) in [5.41, 5.74) is 3.94. The summed E-state index contributed by atoms with van der Waals surface area (Å²) in [4.78, 5) is 19.0. The molecule has 7 nitrogen and oxygen atoms in total. The monoisotopic (exact) mass is 223 g/mol. The zero-order valence-electron chi connectivity index (χ0n) is 8.30. The van der Waals surface area contributed by atoms with E-state index in [0.29, 0.717) is 6.29 Å². The van der Waals surface area contributed by atoms with Crippen LogP contribution in [-0.4, -0.2) is 58.0 Å². The van der Waals surface area contributed by atoms with E-state index in [9.17, 15) is 9.59 Å². The van der Waals surface area contributed by atoms with Crippen molar-refractivity contribution in [3.63, 3.8) is 0 Å². The van der Waals surface area contributed by atoms with Gasteiger partial charge in [-0.25, -0.2) is 0 Å². The Bertz CT molecular complexity index is 172. The van der Waals surface area contributed by atoms with Gasteiger partial charge >= 0.3 is 5.97 Å². The fraction of sp³-hybridized carbons (Fsp3) is 0.750. The molecule has 0 bridgehead atoms. The van der Waals surface area contributed by atoms with Crippen molar-refractivity contribution in [3.8, 4) is 0 Å². The van der Waals surface area contributed by atoms with Crippen LogP contribution in [0, 0.1) is 0 Å². The molecule has 0 heterocycles. The Balaban J connectivity index is 0. The van der Waals surface area contributed by atoms with Crippen molar-refractivity contribution in [3.05, 3.63) is 0 Å². The molecule has 0 aliphatic rings. The smallest absolute Gasteiger partial charge is 0.303 e. The van der Waals surface area contributed by atoms with Gasteiger partial charge in [-0.3, -0.25) is 4.79 Å². The van der Waals surface area contributed by atoms with E-state index in [0.717, 1.165) is 0 Å². The van der Waals surface area contributed by atoms with Crippen LogP contribution in [0.2, 0.25) is 0 Å². The van der Waals surface area contributed by atoms with Crippen LogP contribution in [0.25, 0.3) is 0 Å². The van der Waals surface area contributed by atoms with Crippen LogP contribution in [0.15, 0.2) is 0 Å². The minimum absolute atomic E-state index is 0.0521. The van der Waals surface area contributed by atoms with Gasteiger partial charge < -0.3 is 31.0 Å². The third kappa shape index (κ3) is 10.9. The van der Waals surface area contributed by atoms with Gasteiger partial charge in [-0.05, 0) is 0 Å². The normalized spacial score (nSPS) is 10.1. The van der Waals surface area contributed by atoms with Crippen LogP contribution in [-0.2, 0) is 9.59 Å². The highest BCUT2D eigenvalue weighted by molar-refractivity contribution is 5.70. The van der Waals surface area contributed by atoms with E-state index >= 15 is 0 Å². The Morgan fingerprint density at radius 2 is 1.60 bits per heavy atom. The number of carbonyl (C=O) groups is 2. The number of hydrogen-bond donors (Lipinski definition) is 5. The second-order valence-electron chi connectivity index (χ2n) is 2.94. The Kier molecular flexibility index (Phi) is 10.4. The maximum absolute atomic E-state index is 9.60. The largest absolute Gasteiger partial charge is 0.481 e. The predicted molar refractivity (Wildman–Crippen MR) is 51.1 cm³/mol. The Hall–Kier alpha value is -1.02. The summed E-state index contributed by atoms with van der Waals surface area (Å²) in [6.07, 6.45) is 0.660. The number of rotatable bonds is 6. The lowest BCUT2D eigenvalue weighted by Gasteiger charge is -2.20. The van der Waals surface area contributed by atoms with Gasteiger partial charge in [0.05, 0.1) is 31.8 Å². The van der Waals surface area contributed by atoms with Gasteiger partial charge in [-0.2, -0.15) is 0 Å². The van der Waals surface area contributed by atoms with E-state index < -0.39 is 31.3 Å². The van der Waals surface area contributed by atoms with Crippen LogP contribution >= 0.6 is 0 Å². The molecule has 0 aromatic carbocycles. The number of carbonyl (C=O) groups excluding carboxylic acids is 1. The first-order chi connectivity index (χ1) is 6.95. The zero-order valence-corrected chi connectivity index (χ0v) is 8.30. The average molecular weight is 223 g/mol. The van der Waals surface area contributed by atoms with Gasteiger partial charge in [0.25, 0.3) is 0 Å². The quantitative estimate of drug-likeness (QED) is 0.319. The lowest BCUT2D eigenvalue weighted by Crippen LogP contribution is -2.50. The molecule has 0 saturated carbocycles. The number of hydrogen-bond acceptors (Lipinski definition) is 6. The van der Waals surface area contributed by atoms with Crippen LogP contribution in [0.1, 0.15) is 12.8 Å². The van der Waals surface area contributed by atoms with Gasteiger partial charge in [-0.1, -0.05) is 0 Å². The molecular weight excluding hydrogens is 206 g/mol. The first-order valence-corrected chi connectivity index (χ1v) is 4.22. The first-order valence-electron chi connectivity index (χ1n) is 4.22. The highest BCUT2D eigenvalue weighted by Crippen LogP contribution is 1.93. The van der Waals surface area contributed by atoms with Crippen molar-refractivity contribution in [1.82, 2.24) is 0 Å². The first kappa shape index (κ1) is 16.4. The van der Waals surface area contributed by atoms with Crippen LogP contribution in [0.3, 0.4) is 0 Å². The highest BCUT2D eigenvalue weighted by Gasteiger charge is 2.20. The number of carboxylic acids is 1. The standard InChI is InChI=1S/C4H11NO3.C4H6O3/c5-4(1-6,2-7)3-8;5-3-1-2-4(6)7/h6-8H,1-3,5H2;3H,1-2H2,(H,6,7). The van der Waals surface area contributed by atoms with Crippen molar-refractivity contribution in [1.29, 1.82) is 0 Å². The average Bonchev–Trinajstić information content (AvgIpc) is 2.26. The molecule has 0 aromatic heterocycles.